The van der Waals surface area contributed by atoms with E-state index in [1.54, 1.807) is 12.1 Å². The second kappa shape index (κ2) is 11.4. The van der Waals surface area contributed by atoms with Crippen LogP contribution in [-0.2, 0) is 5.41 Å². The summed E-state index contributed by atoms with van der Waals surface area (Å²) in [5, 5.41) is 12.0. The molecule has 3 heteroatoms. The van der Waals surface area contributed by atoms with Gasteiger partial charge < -0.3 is 9.80 Å². The quantitative estimate of drug-likeness (QED) is 0.160. The molecular formula is C51H35FN2. The van der Waals surface area contributed by atoms with E-state index in [0.717, 1.165) is 44.6 Å². The lowest BCUT2D eigenvalue weighted by atomic mass is 9.81. The van der Waals surface area contributed by atoms with E-state index >= 15 is 4.39 Å². The maximum Gasteiger partial charge on any atom is 0.147 e. The van der Waals surface area contributed by atoms with Crippen molar-refractivity contribution >= 4 is 88.0 Å². The summed E-state index contributed by atoms with van der Waals surface area (Å²) < 4.78 is 16.2. The zero-order valence-corrected chi connectivity index (χ0v) is 30.0. The van der Waals surface area contributed by atoms with Gasteiger partial charge in [-0.3, -0.25) is 0 Å². The Kier molecular flexibility index (Phi) is 6.51. The first-order valence-corrected chi connectivity index (χ1v) is 18.6. The maximum atomic E-state index is 16.2. The molecule has 0 saturated carbocycles. The highest BCUT2D eigenvalue weighted by Gasteiger charge is 2.35. The lowest BCUT2D eigenvalue weighted by molar-refractivity contribution is 0.629. The van der Waals surface area contributed by atoms with Crippen molar-refractivity contribution < 1.29 is 4.39 Å². The van der Waals surface area contributed by atoms with E-state index in [9.17, 15) is 0 Å². The van der Waals surface area contributed by atoms with E-state index in [-0.39, 0.29) is 11.2 Å². The van der Waals surface area contributed by atoms with E-state index in [1.165, 1.54) is 48.8 Å². The SMILES string of the molecule is CC1(C)c2cccc3ccc4cc(N(c5ccccc5F)c5ccc6ccc7c(N(c8ccccc8)c8ccccc8)ccc8ccc5c6c87)cc1c4c23. The molecule has 54 heavy (non-hydrogen) atoms. The molecule has 0 atom stereocenters. The predicted octanol–water partition coefficient (Wildman–Crippen LogP) is 14.6. The topological polar surface area (TPSA) is 6.48 Å². The van der Waals surface area contributed by atoms with Gasteiger partial charge in [-0.25, -0.2) is 4.39 Å². The van der Waals surface area contributed by atoms with Crippen LogP contribution in [0.15, 0.2) is 176 Å². The Hall–Kier alpha value is -6.71. The summed E-state index contributed by atoms with van der Waals surface area (Å²) in [7, 11) is 0. The number of benzene rings is 10. The molecule has 0 spiro atoms. The van der Waals surface area contributed by atoms with Gasteiger partial charge in [-0.1, -0.05) is 129 Å². The van der Waals surface area contributed by atoms with Crippen LogP contribution in [0.3, 0.4) is 0 Å². The molecule has 256 valence electrons. The number of nitrogens with zero attached hydrogens (tertiary/aromatic N) is 2. The van der Waals surface area contributed by atoms with Gasteiger partial charge in [-0.2, -0.15) is 0 Å². The van der Waals surface area contributed by atoms with Gasteiger partial charge in [-0.05, 0) is 115 Å². The van der Waals surface area contributed by atoms with Crippen LogP contribution in [-0.4, -0.2) is 0 Å². The van der Waals surface area contributed by atoms with Crippen LogP contribution in [0, 0.1) is 5.82 Å². The maximum absolute atomic E-state index is 16.2. The Morgan fingerprint density at radius 2 is 0.889 bits per heavy atom. The number of hydrogen-bond acceptors (Lipinski definition) is 2. The summed E-state index contributed by atoms with van der Waals surface area (Å²) in [6.45, 7) is 4.63. The minimum Gasteiger partial charge on any atom is -0.310 e. The third-order valence-corrected chi connectivity index (χ3v) is 11.8. The summed E-state index contributed by atoms with van der Waals surface area (Å²) in [6.07, 6.45) is 0. The van der Waals surface area contributed by atoms with Crippen LogP contribution in [0.5, 0.6) is 0 Å². The Morgan fingerprint density at radius 3 is 1.54 bits per heavy atom. The number of rotatable bonds is 6. The average Bonchev–Trinajstić information content (AvgIpc) is 3.45. The van der Waals surface area contributed by atoms with Gasteiger partial charge in [0.25, 0.3) is 0 Å². The molecule has 0 radical (unpaired) electrons. The number of anilines is 6. The highest BCUT2D eigenvalue weighted by Crippen LogP contribution is 2.53. The fraction of sp³-hybridized carbons (Fsp3) is 0.0588. The highest BCUT2D eigenvalue weighted by atomic mass is 19.1. The zero-order valence-electron chi connectivity index (χ0n) is 30.0. The van der Waals surface area contributed by atoms with Crippen LogP contribution in [0.2, 0.25) is 0 Å². The van der Waals surface area contributed by atoms with Crippen molar-refractivity contribution in [2.75, 3.05) is 9.80 Å². The first-order valence-electron chi connectivity index (χ1n) is 18.6. The fourth-order valence-corrected chi connectivity index (χ4v) is 9.30. The predicted molar refractivity (Wildman–Crippen MR) is 227 cm³/mol. The Morgan fingerprint density at radius 1 is 0.370 bits per heavy atom. The van der Waals surface area contributed by atoms with Crippen LogP contribution in [0.25, 0.3) is 53.9 Å². The zero-order chi connectivity index (χ0) is 36.1. The van der Waals surface area contributed by atoms with Crippen LogP contribution in [0.4, 0.5) is 38.5 Å². The van der Waals surface area contributed by atoms with Gasteiger partial charge in [0, 0.05) is 33.2 Å². The normalized spacial score (nSPS) is 13.2. The Bertz CT molecular complexity index is 3060. The number of halogens is 1. The van der Waals surface area contributed by atoms with E-state index in [4.69, 9.17) is 0 Å². The Labute approximate surface area is 313 Å². The molecule has 0 bridgehead atoms. The molecule has 0 aromatic heterocycles. The van der Waals surface area contributed by atoms with Crippen molar-refractivity contribution in [2.24, 2.45) is 0 Å². The fourth-order valence-electron chi connectivity index (χ4n) is 9.30. The van der Waals surface area contributed by atoms with E-state index in [1.807, 2.05) is 12.1 Å². The van der Waals surface area contributed by atoms with Crippen LogP contribution >= 0.6 is 0 Å². The third-order valence-electron chi connectivity index (χ3n) is 11.8. The van der Waals surface area contributed by atoms with Crippen molar-refractivity contribution in [3.63, 3.8) is 0 Å². The molecule has 0 unspecified atom stereocenters. The largest absolute Gasteiger partial charge is 0.310 e. The first kappa shape index (κ1) is 30.9. The van der Waals surface area contributed by atoms with Gasteiger partial charge >= 0.3 is 0 Å². The van der Waals surface area contributed by atoms with Crippen molar-refractivity contribution in [3.05, 3.63) is 193 Å². The minimum absolute atomic E-state index is 0.208. The molecule has 11 rings (SSSR count). The molecular weight excluding hydrogens is 660 g/mol. The summed E-state index contributed by atoms with van der Waals surface area (Å²) in [5.41, 5.74) is 8.11. The summed E-state index contributed by atoms with van der Waals surface area (Å²) in [4.78, 5) is 4.48. The summed E-state index contributed by atoms with van der Waals surface area (Å²) >= 11 is 0. The minimum atomic E-state index is -0.263. The van der Waals surface area contributed by atoms with Crippen LogP contribution in [0.1, 0.15) is 25.0 Å². The molecule has 0 fully saturated rings. The lowest BCUT2D eigenvalue weighted by Crippen LogP contribution is -2.17. The van der Waals surface area contributed by atoms with Crippen molar-refractivity contribution in [1.29, 1.82) is 0 Å². The van der Waals surface area contributed by atoms with Crippen molar-refractivity contribution in [1.82, 2.24) is 0 Å². The summed E-state index contributed by atoms with van der Waals surface area (Å²) in [6, 6.07) is 61.7. The molecule has 0 amide bonds. The van der Waals surface area contributed by atoms with E-state index in [2.05, 4.69) is 175 Å². The first-order chi connectivity index (χ1) is 26.5. The molecule has 2 nitrogen and oxygen atoms in total. The van der Waals surface area contributed by atoms with E-state index in [0.29, 0.717) is 5.69 Å². The van der Waals surface area contributed by atoms with Crippen LogP contribution < -0.4 is 9.80 Å². The van der Waals surface area contributed by atoms with Gasteiger partial charge in [-0.15, -0.1) is 0 Å². The molecule has 0 aliphatic heterocycles. The highest BCUT2D eigenvalue weighted by molar-refractivity contribution is 6.28. The molecule has 10 aromatic rings. The molecule has 10 aromatic carbocycles. The third kappa shape index (κ3) is 4.33. The monoisotopic (exact) mass is 694 g/mol. The average molecular weight is 695 g/mol. The number of para-hydroxylation sites is 3. The van der Waals surface area contributed by atoms with Gasteiger partial charge in [0.15, 0.2) is 0 Å². The van der Waals surface area contributed by atoms with Gasteiger partial charge in [0.1, 0.15) is 5.82 Å². The van der Waals surface area contributed by atoms with Gasteiger partial charge in [0.2, 0.25) is 0 Å². The Balaban J connectivity index is 1.19. The van der Waals surface area contributed by atoms with Crippen molar-refractivity contribution in [3.8, 4) is 0 Å². The van der Waals surface area contributed by atoms with E-state index < -0.39 is 0 Å². The summed E-state index contributed by atoms with van der Waals surface area (Å²) in [5.74, 6) is -0.263. The lowest BCUT2D eigenvalue weighted by Gasteiger charge is -2.30. The standard InChI is InChI=1S/C51H35FN2/c1-51(2)41-17-11-12-32-20-21-35-30-38(31-42(51)50(35)49(32)41)54(46-19-10-9-18-43(46)52)45-29-25-34-22-26-39-44(28-24-33-23-27-40(45)48(34)47(33)39)53(36-13-5-3-6-14-36)37-15-7-4-8-16-37/h3-31H,1-2H3. The second-order valence-corrected chi connectivity index (χ2v) is 15.1. The van der Waals surface area contributed by atoms with Crippen molar-refractivity contribution in [2.45, 2.75) is 19.3 Å². The molecule has 1 aliphatic rings. The van der Waals surface area contributed by atoms with Gasteiger partial charge in [0.05, 0.1) is 17.1 Å². The smallest absolute Gasteiger partial charge is 0.147 e. The molecule has 0 saturated heterocycles. The molecule has 1 aliphatic carbocycles. The number of hydrogen-bond donors (Lipinski definition) is 0. The molecule has 0 heterocycles. The second-order valence-electron chi connectivity index (χ2n) is 15.1. The molecule has 0 N–H and O–H groups in total.